The summed E-state index contributed by atoms with van der Waals surface area (Å²) >= 11 is 6.46. The monoisotopic (exact) mass is 235 g/mol. The molecule has 0 aliphatic rings. The van der Waals surface area contributed by atoms with E-state index in [9.17, 15) is 4.79 Å². The molecule has 0 unspecified atom stereocenters. The van der Waals surface area contributed by atoms with Crippen LogP contribution >= 0.6 is 24.0 Å². The van der Waals surface area contributed by atoms with Crippen molar-refractivity contribution in [3.05, 3.63) is 0 Å². The fourth-order valence-corrected chi connectivity index (χ4v) is 1.87. The highest BCUT2D eigenvalue weighted by atomic mass is 32.2. The zero-order chi connectivity index (χ0) is 11.4. The molecule has 0 aromatic carbocycles. The largest absolute Gasteiger partial charge is 0.480 e. The van der Waals surface area contributed by atoms with Gasteiger partial charge < -0.3 is 10.4 Å². The summed E-state index contributed by atoms with van der Waals surface area (Å²) in [6.07, 6.45) is 0. The summed E-state index contributed by atoms with van der Waals surface area (Å²) in [6, 6.07) is -0.631. The van der Waals surface area contributed by atoms with E-state index in [4.69, 9.17) is 17.3 Å². The molecular formula is C9H17NO2S2. The maximum Gasteiger partial charge on any atom is 0.326 e. The summed E-state index contributed by atoms with van der Waals surface area (Å²) < 4.78 is 0.551. The molecule has 0 spiro atoms. The first-order chi connectivity index (χ1) is 6.29. The van der Waals surface area contributed by atoms with E-state index in [1.54, 1.807) is 0 Å². The van der Waals surface area contributed by atoms with E-state index in [-0.39, 0.29) is 5.41 Å². The Hall–Kier alpha value is -0.290. The molecule has 0 aromatic heterocycles. The second-order valence-corrected chi connectivity index (χ2v) is 5.94. The van der Waals surface area contributed by atoms with Crippen molar-refractivity contribution in [2.75, 3.05) is 5.75 Å². The summed E-state index contributed by atoms with van der Waals surface area (Å²) in [7, 11) is 0. The maximum absolute atomic E-state index is 11.0. The molecule has 0 fully saturated rings. The van der Waals surface area contributed by atoms with Crippen molar-refractivity contribution < 1.29 is 9.90 Å². The number of carboxylic acids is 1. The summed E-state index contributed by atoms with van der Waals surface area (Å²) in [6.45, 7) is 7.60. The third kappa shape index (κ3) is 4.81. The summed E-state index contributed by atoms with van der Waals surface area (Å²) in [5.41, 5.74) is -0.343. The molecule has 0 aromatic rings. The molecule has 0 aliphatic carbocycles. The molecule has 0 bridgehead atoms. The number of hydrogen-bond acceptors (Lipinski definition) is 3. The van der Waals surface area contributed by atoms with Crippen LogP contribution in [0.25, 0.3) is 0 Å². The Labute approximate surface area is 94.6 Å². The van der Waals surface area contributed by atoms with Gasteiger partial charge in [0.1, 0.15) is 10.4 Å². The van der Waals surface area contributed by atoms with Crippen molar-refractivity contribution in [3.8, 4) is 0 Å². The van der Waals surface area contributed by atoms with E-state index >= 15 is 0 Å². The van der Waals surface area contributed by atoms with Crippen molar-refractivity contribution >= 4 is 34.3 Å². The highest BCUT2D eigenvalue weighted by Gasteiger charge is 2.31. The van der Waals surface area contributed by atoms with Gasteiger partial charge >= 0.3 is 5.97 Å². The van der Waals surface area contributed by atoms with Crippen LogP contribution in [0.3, 0.4) is 0 Å². The number of thiocarbonyl (C=S) groups is 1. The molecule has 0 radical (unpaired) electrons. The lowest BCUT2D eigenvalue weighted by Crippen LogP contribution is -2.47. The van der Waals surface area contributed by atoms with Gasteiger partial charge in [0, 0.05) is 0 Å². The topological polar surface area (TPSA) is 49.3 Å². The first-order valence-electron chi connectivity index (χ1n) is 4.45. The number of carboxylic acid groups (broad SMARTS) is 1. The predicted molar refractivity (Wildman–Crippen MR) is 64.7 cm³/mol. The van der Waals surface area contributed by atoms with Crippen LogP contribution in [-0.2, 0) is 4.79 Å². The summed E-state index contributed by atoms with van der Waals surface area (Å²) in [4.78, 5) is 11.0. The predicted octanol–water partition coefficient (Wildman–Crippen LogP) is 2.11. The third-order valence-corrected chi connectivity index (χ3v) is 2.79. The molecule has 2 N–H and O–H groups in total. The lowest BCUT2D eigenvalue weighted by atomic mass is 9.87. The average molecular weight is 235 g/mol. The molecule has 0 saturated heterocycles. The van der Waals surface area contributed by atoms with Crippen LogP contribution < -0.4 is 5.32 Å². The van der Waals surface area contributed by atoms with Gasteiger partial charge in [-0.3, -0.25) is 0 Å². The first kappa shape index (κ1) is 13.7. The third-order valence-electron chi connectivity index (χ3n) is 1.65. The lowest BCUT2D eigenvalue weighted by Gasteiger charge is -2.28. The van der Waals surface area contributed by atoms with Gasteiger partial charge in [0.15, 0.2) is 0 Å². The van der Waals surface area contributed by atoms with Gasteiger partial charge in [-0.1, -0.05) is 51.7 Å². The van der Waals surface area contributed by atoms with Crippen molar-refractivity contribution in [1.82, 2.24) is 5.32 Å². The Morgan fingerprint density at radius 2 is 2.07 bits per heavy atom. The number of rotatable bonds is 3. The molecule has 1 atom stereocenters. The molecular weight excluding hydrogens is 218 g/mol. The fourth-order valence-electron chi connectivity index (χ4n) is 0.939. The Kier molecular flexibility index (Phi) is 5.44. The van der Waals surface area contributed by atoms with E-state index in [2.05, 4.69) is 5.32 Å². The van der Waals surface area contributed by atoms with Crippen LogP contribution in [0.4, 0.5) is 0 Å². The van der Waals surface area contributed by atoms with Crippen molar-refractivity contribution in [2.45, 2.75) is 33.7 Å². The van der Waals surface area contributed by atoms with E-state index in [0.717, 1.165) is 5.75 Å². The van der Waals surface area contributed by atoms with Gasteiger partial charge in [-0.25, -0.2) is 4.79 Å². The average Bonchev–Trinajstić information content (AvgIpc) is 1.98. The van der Waals surface area contributed by atoms with E-state index in [1.807, 2.05) is 27.7 Å². The molecule has 5 heteroatoms. The maximum atomic E-state index is 11.0. The molecule has 0 saturated carbocycles. The number of carbonyl (C=O) groups is 1. The second-order valence-electron chi connectivity index (χ2n) is 4.00. The zero-order valence-corrected chi connectivity index (χ0v) is 10.6. The Balaban J connectivity index is 4.40. The molecule has 3 nitrogen and oxygen atoms in total. The van der Waals surface area contributed by atoms with Crippen molar-refractivity contribution in [1.29, 1.82) is 0 Å². The van der Waals surface area contributed by atoms with Crippen LogP contribution in [-0.4, -0.2) is 27.2 Å². The number of nitrogens with one attached hydrogen (secondary N) is 1. The Morgan fingerprint density at radius 1 is 1.57 bits per heavy atom. The van der Waals surface area contributed by atoms with Crippen LogP contribution in [0.15, 0.2) is 0 Å². The minimum atomic E-state index is -0.864. The number of thioether (sulfide) groups is 1. The molecule has 0 heterocycles. The van der Waals surface area contributed by atoms with Gasteiger partial charge in [0.25, 0.3) is 0 Å². The molecule has 0 aliphatic heterocycles. The van der Waals surface area contributed by atoms with Gasteiger partial charge in [0.05, 0.1) is 0 Å². The Morgan fingerprint density at radius 3 is 2.36 bits per heavy atom. The van der Waals surface area contributed by atoms with Crippen molar-refractivity contribution in [2.24, 2.45) is 5.41 Å². The molecule has 14 heavy (non-hydrogen) atoms. The highest BCUT2D eigenvalue weighted by molar-refractivity contribution is 8.22. The standard InChI is InChI=1S/C9H17NO2S2/c1-5-14-8(13)10-6(7(11)12)9(2,3)4/h6H,5H2,1-4H3,(H,10,13)(H,11,12)/t6-/m0/s1. The van der Waals surface area contributed by atoms with Crippen LogP contribution in [0.1, 0.15) is 27.7 Å². The minimum absolute atomic E-state index is 0.343. The summed E-state index contributed by atoms with van der Waals surface area (Å²) in [5.74, 6) is -0.0148. The number of hydrogen-bond donors (Lipinski definition) is 2. The highest BCUT2D eigenvalue weighted by Crippen LogP contribution is 2.20. The smallest absolute Gasteiger partial charge is 0.326 e. The second kappa shape index (κ2) is 5.56. The SMILES string of the molecule is CCSC(=S)N[C@@H](C(=O)O)C(C)(C)C. The first-order valence-corrected chi connectivity index (χ1v) is 5.84. The van der Waals surface area contributed by atoms with Crippen molar-refractivity contribution in [3.63, 3.8) is 0 Å². The van der Waals surface area contributed by atoms with Gasteiger partial charge in [0.2, 0.25) is 0 Å². The van der Waals surface area contributed by atoms with E-state index in [1.165, 1.54) is 11.8 Å². The van der Waals surface area contributed by atoms with Gasteiger partial charge in [-0.2, -0.15) is 0 Å². The van der Waals surface area contributed by atoms with E-state index < -0.39 is 12.0 Å². The number of aliphatic carboxylic acids is 1. The normalized spacial score (nSPS) is 13.4. The summed E-state index contributed by atoms with van der Waals surface area (Å²) in [5, 5.41) is 11.8. The van der Waals surface area contributed by atoms with Crippen LogP contribution in [0, 0.1) is 5.41 Å². The fraction of sp³-hybridized carbons (Fsp3) is 0.778. The van der Waals surface area contributed by atoms with E-state index in [0.29, 0.717) is 4.32 Å². The quantitative estimate of drug-likeness (QED) is 0.734. The Bertz CT molecular complexity index is 223. The van der Waals surface area contributed by atoms with Crippen LogP contribution in [0.2, 0.25) is 0 Å². The van der Waals surface area contributed by atoms with Gasteiger partial charge in [-0.15, -0.1) is 0 Å². The molecule has 82 valence electrons. The molecule has 0 amide bonds. The van der Waals surface area contributed by atoms with Crippen LogP contribution in [0.5, 0.6) is 0 Å². The molecule has 0 rings (SSSR count). The lowest BCUT2D eigenvalue weighted by molar-refractivity contribution is -0.141. The van der Waals surface area contributed by atoms with Gasteiger partial charge in [-0.05, 0) is 11.2 Å². The zero-order valence-electron chi connectivity index (χ0n) is 8.96. The minimum Gasteiger partial charge on any atom is -0.480 e.